The van der Waals surface area contributed by atoms with Crippen LogP contribution in [0.4, 0.5) is 19.0 Å². The summed E-state index contributed by atoms with van der Waals surface area (Å²) < 4.78 is 38.3. The molecule has 28 heavy (non-hydrogen) atoms. The van der Waals surface area contributed by atoms with Crippen molar-refractivity contribution in [1.29, 1.82) is 0 Å². The number of nitrogens with one attached hydrogen (secondary N) is 1. The number of hydrogen-bond acceptors (Lipinski definition) is 6. The first kappa shape index (κ1) is 19.0. The molecule has 2 fully saturated rings. The first-order valence-electron chi connectivity index (χ1n) is 9.47. The van der Waals surface area contributed by atoms with Gasteiger partial charge in [-0.2, -0.15) is 13.2 Å². The van der Waals surface area contributed by atoms with Crippen LogP contribution in [-0.4, -0.2) is 44.0 Å². The van der Waals surface area contributed by atoms with Gasteiger partial charge in [0.2, 0.25) is 0 Å². The summed E-state index contributed by atoms with van der Waals surface area (Å²) in [4.78, 5) is 18.3. The fourth-order valence-corrected chi connectivity index (χ4v) is 4.30. The number of aryl methyl sites for hydroxylation is 1. The third kappa shape index (κ3) is 4.24. The highest BCUT2D eigenvalue weighted by atomic mass is 19.4. The topological polar surface area (TPSA) is 66.8 Å². The lowest BCUT2D eigenvalue weighted by atomic mass is 9.60. The molecule has 0 radical (unpaired) electrons. The highest BCUT2D eigenvalue weighted by Gasteiger charge is 2.46. The van der Waals surface area contributed by atoms with Crippen molar-refractivity contribution in [1.82, 2.24) is 24.8 Å². The Morgan fingerprint density at radius 2 is 1.93 bits per heavy atom. The number of piperidine rings is 1. The minimum atomic E-state index is -4.45. The van der Waals surface area contributed by atoms with Gasteiger partial charge in [0, 0.05) is 31.0 Å². The maximum Gasteiger partial charge on any atom is 0.433 e. The van der Waals surface area contributed by atoms with Gasteiger partial charge in [0.15, 0.2) is 0 Å². The Balaban J connectivity index is 1.27. The fourth-order valence-electron chi connectivity index (χ4n) is 4.30. The van der Waals surface area contributed by atoms with Crippen LogP contribution in [0, 0.1) is 12.3 Å². The monoisotopic (exact) mass is 392 g/mol. The van der Waals surface area contributed by atoms with E-state index in [4.69, 9.17) is 0 Å². The van der Waals surface area contributed by atoms with Crippen LogP contribution >= 0.6 is 0 Å². The standard InChI is InChI=1S/C19H23F3N6/c1-13-9-23-10-15(26-13)11-28-4-2-18(3-5-28)7-14(8-18)27-17-6-16(19(20,21)22)24-12-25-17/h6,9-10,12,14H,2-5,7-8,11H2,1H3,(H,24,25,27). The Kier molecular flexibility index (Phi) is 4.95. The van der Waals surface area contributed by atoms with Crippen LogP contribution in [0.15, 0.2) is 24.8 Å². The maximum atomic E-state index is 12.8. The van der Waals surface area contributed by atoms with Gasteiger partial charge in [-0.3, -0.25) is 14.9 Å². The molecular formula is C19H23F3N6. The summed E-state index contributed by atoms with van der Waals surface area (Å²) in [7, 11) is 0. The molecule has 0 unspecified atom stereocenters. The summed E-state index contributed by atoms with van der Waals surface area (Å²) in [6, 6.07) is 1.15. The molecule has 0 amide bonds. The van der Waals surface area contributed by atoms with E-state index in [0.717, 1.165) is 69.1 Å². The second-order valence-electron chi connectivity index (χ2n) is 7.96. The predicted octanol–water partition coefficient (Wildman–Crippen LogP) is 3.45. The third-order valence-corrected chi connectivity index (χ3v) is 5.78. The molecule has 2 aliphatic rings. The first-order valence-corrected chi connectivity index (χ1v) is 9.47. The molecule has 3 heterocycles. The number of halogens is 3. The zero-order valence-corrected chi connectivity index (χ0v) is 15.7. The van der Waals surface area contributed by atoms with Crippen molar-refractivity contribution in [2.75, 3.05) is 18.4 Å². The van der Waals surface area contributed by atoms with Crippen LogP contribution in [0.2, 0.25) is 0 Å². The average Bonchev–Trinajstić information content (AvgIpc) is 2.62. The van der Waals surface area contributed by atoms with Crippen LogP contribution in [-0.2, 0) is 12.7 Å². The van der Waals surface area contributed by atoms with Gasteiger partial charge < -0.3 is 5.32 Å². The van der Waals surface area contributed by atoms with Gasteiger partial charge in [0.05, 0.1) is 11.4 Å². The molecule has 0 atom stereocenters. The van der Waals surface area contributed by atoms with Crippen LogP contribution < -0.4 is 5.32 Å². The Bertz CT molecular complexity index is 824. The summed E-state index contributed by atoms with van der Waals surface area (Å²) in [5.41, 5.74) is 1.31. The normalized spacial score (nSPS) is 20.1. The Hall–Kier alpha value is -2.29. The largest absolute Gasteiger partial charge is 0.433 e. The number of hydrogen-bond donors (Lipinski definition) is 1. The summed E-state index contributed by atoms with van der Waals surface area (Å²) in [6.45, 7) is 4.77. The molecule has 0 bridgehead atoms. The Labute approximate surface area is 161 Å². The molecule has 1 N–H and O–H groups in total. The van der Waals surface area contributed by atoms with E-state index >= 15 is 0 Å². The number of anilines is 1. The number of nitrogens with zero attached hydrogens (tertiary/aromatic N) is 5. The predicted molar refractivity (Wildman–Crippen MR) is 97.4 cm³/mol. The molecular weight excluding hydrogens is 369 g/mol. The summed E-state index contributed by atoms with van der Waals surface area (Å²) in [5, 5.41) is 3.14. The number of rotatable bonds is 4. The van der Waals surface area contributed by atoms with Crippen molar-refractivity contribution in [2.45, 2.75) is 51.4 Å². The van der Waals surface area contributed by atoms with E-state index in [1.165, 1.54) is 0 Å². The van der Waals surface area contributed by atoms with E-state index in [9.17, 15) is 13.2 Å². The molecule has 9 heteroatoms. The van der Waals surface area contributed by atoms with Crippen molar-refractivity contribution in [3.8, 4) is 0 Å². The van der Waals surface area contributed by atoms with E-state index in [2.05, 4.69) is 30.2 Å². The average molecular weight is 392 g/mol. The van der Waals surface area contributed by atoms with Gasteiger partial charge >= 0.3 is 6.18 Å². The molecule has 0 aromatic carbocycles. The van der Waals surface area contributed by atoms with Crippen LogP contribution in [0.3, 0.4) is 0 Å². The van der Waals surface area contributed by atoms with E-state index in [1.807, 2.05) is 13.1 Å². The SMILES string of the molecule is Cc1cncc(CN2CCC3(CC2)CC(Nc2cc(C(F)(F)F)ncn2)C3)n1. The zero-order valence-electron chi connectivity index (χ0n) is 15.7. The van der Waals surface area contributed by atoms with Crippen LogP contribution in [0.25, 0.3) is 0 Å². The van der Waals surface area contributed by atoms with E-state index in [-0.39, 0.29) is 11.9 Å². The van der Waals surface area contributed by atoms with Gasteiger partial charge in [-0.1, -0.05) is 0 Å². The van der Waals surface area contributed by atoms with Crippen molar-refractivity contribution < 1.29 is 13.2 Å². The quantitative estimate of drug-likeness (QED) is 0.860. The molecule has 1 spiro atoms. The van der Waals surface area contributed by atoms with Gasteiger partial charge in [0.1, 0.15) is 17.8 Å². The minimum absolute atomic E-state index is 0.171. The highest BCUT2D eigenvalue weighted by molar-refractivity contribution is 5.38. The van der Waals surface area contributed by atoms with Crippen molar-refractivity contribution in [3.05, 3.63) is 41.9 Å². The maximum absolute atomic E-state index is 12.8. The van der Waals surface area contributed by atoms with Crippen molar-refractivity contribution in [3.63, 3.8) is 0 Å². The smallest absolute Gasteiger partial charge is 0.367 e. The van der Waals surface area contributed by atoms with Gasteiger partial charge in [0.25, 0.3) is 0 Å². The minimum Gasteiger partial charge on any atom is -0.367 e. The second kappa shape index (κ2) is 7.27. The summed E-state index contributed by atoms with van der Waals surface area (Å²) >= 11 is 0. The number of aromatic nitrogens is 4. The lowest BCUT2D eigenvalue weighted by Crippen LogP contribution is -2.51. The molecule has 2 aromatic heterocycles. The van der Waals surface area contributed by atoms with Gasteiger partial charge in [-0.05, 0) is 51.1 Å². The van der Waals surface area contributed by atoms with E-state index in [1.54, 1.807) is 6.20 Å². The first-order chi connectivity index (χ1) is 13.3. The van der Waals surface area contributed by atoms with Gasteiger partial charge in [-0.15, -0.1) is 0 Å². The molecule has 1 aliphatic carbocycles. The highest BCUT2D eigenvalue weighted by Crippen LogP contribution is 2.50. The Morgan fingerprint density at radius 1 is 1.18 bits per heavy atom. The summed E-state index contributed by atoms with van der Waals surface area (Å²) in [5.74, 6) is 0.248. The molecule has 1 saturated heterocycles. The van der Waals surface area contributed by atoms with Gasteiger partial charge in [-0.25, -0.2) is 9.97 Å². The van der Waals surface area contributed by atoms with E-state index < -0.39 is 11.9 Å². The fraction of sp³-hybridized carbons (Fsp3) is 0.579. The summed E-state index contributed by atoms with van der Waals surface area (Å²) in [6.07, 6.45) is 4.22. The van der Waals surface area contributed by atoms with Crippen LogP contribution in [0.1, 0.15) is 42.8 Å². The molecule has 150 valence electrons. The molecule has 6 nitrogen and oxygen atoms in total. The van der Waals surface area contributed by atoms with Crippen molar-refractivity contribution >= 4 is 5.82 Å². The van der Waals surface area contributed by atoms with Crippen molar-refractivity contribution in [2.24, 2.45) is 5.41 Å². The molecule has 4 rings (SSSR count). The third-order valence-electron chi connectivity index (χ3n) is 5.78. The molecule has 2 aromatic rings. The molecule has 1 saturated carbocycles. The number of likely N-dealkylation sites (tertiary alicyclic amines) is 1. The van der Waals surface area contributed by atoms with E-state index in [0.29, 0.717) is 5.41 Å². The van der Waals surface area contributed by atoms with Crippen LogP contribution in [0.5, 0.6) is 0 Å². The second-order valence-corrected chi connectivity index (χ2v) is 7.96. The Morgan fingerprint density at radius 3 is 2.61 bits per heavy atom. The lowest BCUT2D eigenvalue weighted by Gasteiger charge is -2.52. The molecule has 1 aliphatic heterocycles. The number of alkyl halides is 3. The zero-order chi connectivity index (χ0) is 19.8. The lowest BCUT2D eigenvalue weighted by molar-refractivity contribution is -0.141.